The number of unbranched alkanes of at least 4 members (excludes halogenated alkanes) is 3. The summed E-state index contributed by atoms with van der Waals surface area (Å²) in [6.45, 7) is 0.483. The van der Waals surface area contributed by atoms with Crippen molar-refractivity contribution in [2.75, 3.05) is 5.32 Å². The smallest absolute Gasteiger partial charge is 0.306 e. The van der Waals surface area contributed by atoms with E-state index in [1.165, 1.54) is 4.90 Å². The van der Waals surface area contributed by atoms with Crippen molar-refractivity contribution in [1.82, 2.24) is 10.2 Å². The summed E-state index contributed by atoms with van der Waals surface area (Å²) < 4.78 is 5.27. The number of nitrogens with one attached hydrogen (secondary N) is 2. The Bertz CT molecular complexity index is 1180. The van der Waals surface area contributed by atoms with Gasteiger partial charge < -0.3 is 15.0 Å². The number of carbonyl (C=O) groups excluding carboxylic acids is 5. The molecule has 0 aromatic heterocycles. The van der Waals surface area contributed by atoms with E-state index in [-0.39, 0.29) is 49.7 Å². The third kappa shape index (κ3) is 6.81. The van der Waals surface area contributed by atoms with E-state index in [1.54, 1.807) is 18.2 Å². The lowest BCUT2D eigenvalue weighted by molar-refractivity contribution is -0.145. The van der Waals surface area contributed by atoms with Crippen molar-refractivity contribution < 1.29 is 28.7 Å². The van der Waals surface area contributed by atoms with Gasteiger partial charge in [0, 0.05) is 42.6 Å². The van der Waals surface area contributed by atoms with Gasteiger partial charge in [-0.1, -0.05) is 49.2 Å². The molecule has 1 saturated heterocycles. The minimum atomic E-state index is -0.697. The van der Waals surface area contributed by atoms with Crippen LogP contribution in [0.25, 0.3) is 0 Å². The molecule has 2 aromatic carbocycles. The van der Waals surface area contributed by atoms with E-state index in [0.29, 0.717) is 42.5 Å². The molecule has 1 atom stereocenters. The number of esters is 1. The van der Waals surface area contributed by atoms with Crippen LogP contribution in [0, 0.1) is 0 Å². The van der Waals surface area contributed by atoms with E-state index in [0.717, 1.165) is 18.4 Å². The van der Waals surface area contributed by atoms with Crippen molar-refractivity contribution in [2.45, 2.75) is 70.6 Å². The van der Waals surface area contributed by atoms with Gasteiger partial charge >= 0.3 is 5.97 Å². The van der Waals surface area contributed by atoms with Gasteiger partial charge in [0.25, 0.3) is 5.91 Å². The zero-order chi connectivity index (χ0) is 26.2. The summed E-state index contributed by atoms with van der Waals surface area (Å²) in [4.78, 5) is 62.5. The standard InChI is InChI=1S/C28H31N3O6/c32-24(13-6-1-2-7-14-26(34)37-18-19-9-4-3-5-10-19)29-22-12-8-11-20-21(22)17-31(28(20)36)23-15-16-25(33)30-27(23)35/h3-5,8-12,23H,1-2,6-7,13-18H2,(H,29,32)(H,30,33,35). The summed E-state index contributed by atoms with van der Waals surface area (Å²) in [6.07, 6.45) is 4.19. The van der Waals surface area contributed by atoms with Crippen LogP contribution in [0.4, 0.5) is 5.69 Å². The van der Waals surface area contributed by atoms with Crippen LogP contribution in [0.3, 0.4) is 0 Å². The highest BCUT2D eigenvalue weighted by Gasteiger charge is 2.39. The predicted octanol–water partition coefficient (Wildman–Crippen LogP) is 3.47. The van der Waals surface area contributed by atoms with Gasteiger partial charge in [-0.15, -0.1) is 0 Å². The molecule has 0 radical (unpaired) electrons. The average Bonchev–Trinajstić information content (AvgIpc) is 3.22. The normalized spacial score (nSPS) is 16.8. The molecule has 1 unspecified atom stereocenters. The molecule has 2 aliphatic heterocycles. The second kappa shape index (κ2) is 12.3. The van der Waals surface area contributed by atoms with Gasteiger partial charge in [-0.2, -0.15) is 0 Å². The molecular weight excluding hydrogens is 474 g/mol. The Labute approximate surface area is 215 Å². The van der Waals surface area contributed by atoms with E-state index >= 15 is 0 Å². The third-order valence-corrected chi connectivity index (χ3v) is 6.63. The second-order valence-corrected chi connectivity index (χ2v) is 9.34. The molecule has 0 bridgehead atoms. The number of imide groups is 1. The Morgan fingerprint density at radius 3 is 2.46 bits per heavy atom. The van der Waals surface area contributed by atoms with E-state index in [9.17, 15) is 24.0 Å². The molecule has 0 spiro atoms. The zero-order valence-electron chi connectivity index (χ0n) is 20.7. The average molecular weight is 506 g/mol. The number of piperidine rings is 1. The van der Waals surface area contributed by atoms with Crippen LogP contribution in [-0.2, 0) is 37.1 Å². The number of ether oxygens (including phenoxy) is 1. The molecule has 4 amide bonds. The van der Waals surface area contributed by atoms with E-state index in [1.807, 2.05) is 30.3 Å². The number of fused-ring (bicyclic) bond motifs is 1. The molecule has 194 valence electrons. The first-order chi connectivity index (χ1) is 17.9. The third-order valence-electron chi connectivity index (χ3n) is 6.63. The first-order valence-corrected chi connectivity index (χ1v) is 12.7. The maximum Gasteiger partial charge on any atom is 0.306 e. The maximum absolute atomic E-state index is 12.9. The largest absolute Gasteiger partial charge is 0.461 e. The molecular formula is C28H31N3O6. The minimum Gasteiger partial charge on any atom is -0.461 e. The van der Waals surface area contributed by atoms with Crippen molar-refractivity contribution in [3.8, 4) is 0 Å². The van der Waals surface area contributed by atoms with Crippen LogP contribution in [0.1, 0.15) is 72.9 Å². The lowest BCUT2D eigenvalue weighted by Gasteiger charge is -2.29. The van der Waals surface area contributed by atoms with Gasteiger partial charge in [-0.3, -0.25) is 29.3 Å². The lowest BCUT2D eigenvalue weighted by atomic mass is 10.0. The predicted molar refractivity (Wildman–Crippen MR) is 135 cm³/mol. The van der Waals surface area contributed by atoms with E-state index in [2.05, 4.69) is 10.6 Å². The van der Waals surface area contributed by atoms with Crippen LogP contribution < -0.4 is 10.6 Å². The molecule has 4 rings (SSSR count). The Balaban J connectivity index is 1.17. The number of carbonyl (C=O) groups is 5. The molecule has 9 heteroatoms. The van der Waals surface area contributed by atoms with Gasteiger partial charge in [-0.05, 0) is 37.0 Å². The highest BCUT2D eigenvalue weighted by molar-refractivity contribution is 6.06. The van der Waals surface area contributed by atoms with Crippen molar-refractivity contribution in [2.24, 2.45) is 0 Å². The fourth-order valence-electron chi connectivity index (χ4n) is 4.63. The second-order valence-electron chi connectivity index (χ2n) is 9.34. The van der Waals surface area contributed by atoms with Crippen molar-refractivity contribution >= 4 is 35.3 Å². The number of hydrogen-bond acceptors (Lipinski definition) is 6. The zero-order valence-corrected chi connectivity index (χ0v) is 20.7. The summed E-state index contributed by atoms with van der Waals surface area (Å²) in [7, 11) is 0. The summed E-state index contributed by atoms with van der Waals surface area (Å²) in [5.74, 6) is -1.44. The first kappa shape index (κ1) is 26.1. The Morgan fingerprint density at radius 2 is 1.70 bits per heavy atom. The van der Waals surface area contributed by atoms with Gasteiger partial charge in [-0.25, -0.2) is 0 Å². The molecule has 1 fully saturated rings. The summed E-state index contributed by atoms with van der Waals surface area (Å²) in [6, 6.07) is 14.0. The number of benzene rings is 2. The fourth-order valence-corrected chi connectivity index (χ4v) is 4.63. The number of rotatable bonds is 11. The Kier molecular flexibility index (Phi) is 8.66. The van der Waals surface area contributed by atoms with Gasteiger partial charge in [0.1, 0.15) is 12.6 Å². The summed E-state index contributed by atoms with van der Waals surface area (Å²) >= 11 is 0. The number of hydrogen-bond donors (Lipinski definition) is 2. The Morgan fingerprint density at radius 1 is 0.946 bits per heavy atom. The minimum absolute atomic E-state index is 0.150. The Hall–Kier alpha value is -4.01. The molecule has 0 saturated carbocycles. The number of nitrogens with zero attached hydrogens (tertiary/aromatic N) is 1. The first-order valence-electron chi connectivity index (χ1n) is 12.7. The lowest BCUT2D eigenvalue weighted by Crippen LogP contribution is -2.52. The van der Waals surface area contributed by atoms with Gasteiger partial charge in [0.15, 0.2) is 0 Å². The fraction of sp³-hybridized carbons (Fsp3) is 0.393. The van der Waals surface area contributed by atoms with Crippen LogP contribution >= 0.6 is 0 Å². The van der Waals surface area contributed by atoms with Crippen LogP contribution in [0.5, 0.6) is 0 Å². The summed E-state index contributed by atoms with van der Waals surface area (Å²) in [5, 5.41) is 5.19. The maximum atomic E-state index is 12.9. The molecule has 2 aromatic rings. The molecule has 0 aliphatic carbocycles. The number of anilines is 1. The van der Waals surface area contributed by atoms with Crippen LogP contribution in [-0.4, -0.2) is 40.5 Å². The molecule has 2 aliphatic rings. The van der Waals surface area contributed by atoms with Crippen molar-refractivity contribution in [1.29, 1.82) is 0 Å². The molecule has 2 heterocycles. The molecule has 2 N–H and O–H groups in total. The van der Waals surface area contributed by atoms with Gasteiger partial charge in [0.2, 0.25) is 17.7 Å². The topological polar surface area (TPSA) is 122 Å². The number of amides is 4. The quantitative estimate of drug-likeness (QED) is 0.274. The summed E-state index contributed by atoms with van der Waals surface area (Å²) in [5.41, 5.74) is 2.66. The monoisotopic (exact) mass is 505 g/mol. The van der Waals surface area contributed by atoms with Crippen molar-refractivity contribution in [3.63, 3.8) is 0 Å². The van der Waals surface area contributed by atoms with Gasteiger partial charge in [0.05, 0.1) is 0 Å². The SMILES string of the molecule is O=C1CCC(N2Cc3c(NC(=O)CCCCCCC(=O)OCc4ccccc4)cccc3C2=O)C(=O)N1. The van der Waals surface area contributed by atoms with Crippen LogP contribution in [0.2, 0.25) is 0 Å². The van der Waals surface area contributed by atoms with Crippen LogP contribution in [0.15, 0.2) is 48.5 Å². The molecule has 37 heavy (non-hydrogen) atoms. The highest BCUT2D eigenvalue weighted by Crippen LogP contribution is 2.32. The van der Waals surface area contributed by atoms with E-state index in [4.69, 9.17) is 4.74 Å². The van der Waals surface area contributed by atoms with Crippen molar-refractivity contribution in [3.05, 3.63) is 65.2 Å². The highest BCUT2D eigenvalue weighted by atomic mass is 16.5. The molecule has 9 nitrogen and oxygen atoms in total. The van der Waals surface area contributed by atoms with E-state index < -0.39 is 11.9 Å².